The fourth-order valence-electron chi connectivity index (χ4n) is 2.73. The van der Waals surface area contributed by atoms with Crippen molar-refractivity contribution in [2.24, 2.45) is 0 Å². The number of halogens is 1. The monoisotopic (exact) mass is 410 g/mol. The van der Waals surface area contributed by atoms with E-state index in [1.165, 1.54) is 6.20 Å². The number of carboxylic acids is 1. The average Bonchev–Trinajstić information content (AvgIpc) is 2.70. The molecule has 0 radical (unpaired) electrons. The summed E-state index contributed by atoms with van der Waals surface area (Å²) in [7, 11) is 0. The molecule has 0 spiro atoms. The Kier molecular flexibility index (Phi) is 6.14. The summed E-state index contributed by atoms with van der Waals surface area (Å²) in [4.78, 5) is 18.5. The van der Waals surface area contributed by atoms with E-state index in [0.29, 0.717) is 5.15 Å². The van der Waals surface area contributed by atoms with Gasteiger partial charge in [0.25, 0.3) is 0 Å². The highest BCUT2D eigenvalue weighted by atomic mass is 35.5. The van der Waals surface area contributed by atoms with Crippen molar-refractivity contribution >= 4 is 39.1 Å². The Morgan fingerprint density at radius 2 is 1.72 bits per heavy atom. The minimum atomic E-state index is -1.02. The van der Waals surface area contributed by atoms with Gasteiger partial charge in [0.1, 0.15) is 22.3 Å². The Morgan fingerprint density at radius 1 is 1.00 bits per heavy atom. The topological polar surface area (TPSA) is 92.5 Å². The highest BCUT2D eigenvalue weighted by molar-refractivity contribution is 6.34. The molecule has 4 aromatic rings. The summed E-state index contributed by atoms with van der Waals surface area (Å²) >= 11 is 5.81. The average molecular weight is 411 g/mol. The molecule has 2 heterocycles. The number of aromatic hydroxyl groups is 1. The lowest BCUT2D eigenvalue weighted by Crippen LogP contribution is -2.05. The van der Waals surface area contributed by atoms with E-state index < -0.39 is 5.97 Å². The molecule has 4 rings (SSSR count). The number of fused-ring (bicyclic) bond motifs is 2. The number of carboxylic acid groups (broad SMARTS) is 1. The van der Waals surface area contributed by atoms with Crippen molar-refractivity contribution in [3.63, 3.8) is 0 Å². The summed E-state index contributed by atoms with van der Waals surface area (Å²) in [5.74, 6) is -0.0956. The van der Waals surface area contributed by atoms with Crippen LogP contribution in [0.4, 0.5) is 0 Å². The van der Waals surface area contributed by atoms with Gasteiger partial charge in [0.05, 0.1) is 12.3 Å². The molecule has 0 saturated heterocycles. The Hall–Kier alpha value is -3.38. The van der Waals surface area contributed by atoms with Crippen LogP contribution in [-0.4, -0.2) is 32.3 Å². The number of hydrogen-bond acceptors (Lipinski definition) is 5. The molecule has 2 N–H and O–H groups in total. The van der Waals surface area contributed by atoms with E-state index in [9.17, 15) is 9.90 Å². The first-order chi connectivity index (χ1) is 13.8. The number of aromatic nitrogens is 2. The van der Waals surface area contributed by atoms with E-state index in [1.54, 1.807) is 18.3 Å². The smallest absolute Gasteiger partial charge is 0.354 e. The van der Waals surface area contributed by atoms with Crippen molar-refractivity contribution in [1.82, 2.24) is 9.97 Å². The molecule has 0 aliphatic rings. The molecule has 0 atom stereocenters. The SMILES string of the molecule is CC(C)Oc1ccc2cc(C(=O)O)ncc2c1.Oc1cnc(Cl)c2ccccc12. The molecule has 0 fully saturated rings. The first-order valence-electron chi connectivity index (χ1n) is 8.87. The Balaban J connectivity index is 0.000000176. The largest absolute Gasteiger partial charge is 0.506 e. The molecular formula is C22H19ClN2O4. The molecule has 29 heavy (non-hydrogen) atoms. The minimum absolute atomic E-state index is 0.0510. The second-order valence-electron chi connectivity index (χ2n) is 6.53. The van der Waals surface area contributed by atoms with Gasteiger partial charge in [-0.25, -0.2) is 14.8 Å². The number of aromatic carboxylic acids is 1. The maximum Gasteiger partial charge on any atom is 0.354 e. The fourth-order valence-corrected chi connectivity index (χ4v) is 2.94. The Labute approximate surface area is 172 Å². The fraction of sp³-hybridized carbons (Fsp3) is 0.136. The van der Waals surface area contributed by atoms with Crippen LogP contribution in [0.3, 0.4) is 0 Å². The van der Waals surface area contributed by atoms with Crippen LogP contribution in [0.2, 0.25) is 5.15 Å². The third-order valence-electron chi connectivity index (χ3n) is 4.01. The summed E-state index contributed by atoms with van der Waals surface area (Å²) in [5.41, 5.74) is 0.0510. The van der Waals surface area contributed by atoms with Crippen LogP contribution in [-0.2, 0) is 0 Å². The predicted molar refractivity (Wildman–Crippen MR) is 113 cm³/mol. The van der Waals surface area contributed by atoms with Gasteiger partial charge in [-0.15, -0.1) is 0 Å². The van der Waals surface area contributed by atoms with Crippen LogP contribution < -0.4 is 4.74 Å². The van der Waals surface area contributed by atoms with Gasteiger partial charge in [0.15, 0.2) is 0 Å². The van der Waals surface area contributed by atoms with Crippen LogP contribution in [0.5, 0.6) is 11.5 Å². The van der Waals surface area contributed by atoms with Gasteiger partial charge in [-0.1, -0.05) is 41.9 Å². The summed E-state index contributed by atoms with van der Waals surface area (Å²) in [6, 6.07) is 14.4. The normalized spacial score (nSPS) is 10.6. The number of nitrogens with zero attached hydrogens (tertiary/aromatic N) is 2. The predicted octanol–water partition coefficient (Wildman–Crippen LogP) is 5.31. The van der Waals surface area contributed by atoms with E-state index in [1.807, 2.05) is 50.2 Å². The number of hydrogen-bond donors (Lipinski definition) is 2. The second kappa shape index (κ2) is 8.75. The van der Waals surface area contributed by atoms with Gasteiger partial charge >= 0.3 is 5.97 Å². The highest BCUT2D eigenvalue weighted by Crippen LogP contribution is 2.27. The Morgan fingerprint density at radius 3 is 2.38 bits per heavy atom. The first kappa shape index (κ1) is 20.4. The number of rotatable bonds is 3. The number of carbonyl (C=O) groups is 1. The maximum atomic E-state index is 10.8. The molecule has 7 heteroatoms. The van der Waals surface area contributed by atoms with E-state index in [-0.39, 0.29) is 17.5 Å². The first-order valence-corrected chi connectivity index (χ1v) is 9.25. The molecular weight excluding hydrogens is 392 g/mol. The number of benzene rings is 2. The quantitative estimate of drug-likeness (QED) is 0.444. The molecule has 0 aliphatic heterocycles. The van der Waals surface area contributed by atoms with E-state index in [0.717, 1.165) is 27.3 Å². The highest BCUT2D eigenvalue weighted by Gasteiger charge is 2.06. The summed E-state index contributed by atoms with van der Waals surface area (Å²) in [6.07, 6.45) is 3.01. The van der Waals surface area contributed by atoms with Crippen LogP contribution in [0, 0.1) is 0 Å². The zero-order valence-corrected chi connectivity index (χ0v) is 16.6. The van der Waals surface area contributed by atoms with Crippen molar-refractivity contribution in [2.75, 3.05) is 0 Å². The zero-order valence-electron chi connectivity index (χ0n) is 15.8. The minimum Gasteiger partial charge on any atom is -0.506 e. The zero-order chi connectivity index (χ0) is 21.0. The van der Waals surface area contributed by atoms with Gasteiger partial charge < -0.3 is 14.9 Å². The van der Waals surface area contributed by atoms with Crippen LogP contribution in [0.25, 0.3) is 21.5 Å². The maximum absolute atomic E-state index is 10.8. The molecule has 0 bridgehead atoms. The third-order valence-corrected chi connectivity index (χ3v) is 4.31. The number of pyridine rings is 2. The third kappa shape index (κ3) is 4.92. The summed E-state index contributed by atoms with van der Waals surface area (Å²) in [6.45, 7) is 3.91. The van der Waals surface area contributed by atoms with Crippen LogP contribution in [0.1, 0.15) is 24.3 Å². The summed E-state index contributed by atoms with van der Waals surface area (Å²) in [5, 5.41) is 21.8. The van der Waals surface area contributed by atoms with Gasteiger partial charge in [-0.05, 0) is 37.4 Å². The van der Waals surface area contributed by atoms with E-state index in [2.05, 4.69) is 9.97 Å². The molecule has 2 aromatic heterocycles. The van der Waals surface area contributed by atoms with Crippen LogP contribution in [0.15, 0.2) is 60.9 Å². The van der Waals surface area contributed by atoms with Crippen molar-refractivity contribution in [3.05, 3.63) is 71.8 Å². The van der Waals surface area contributed by atoms with Crippen molar-refractivity contribution in [2.45, 2.75) is 20.0 Å². The van der Waals surface area contributed by atoms with Gasteiger partial charge in [-0.3, -0.25) is 0 Å². The number of ether oxygens (including phenoxy) is 1. The van der Waals surface area contributed by atoms with E-state index in [4.69, 9.17) is 21.4 Å². The summed E-state index contributed by atoms with van der Waals surface area (Å²) < 4.78 is 5.56. The lowest BCUT2D eigenvalue weighted by molar-refractivity contribution is 0.0690. The van der Waals surface area contributed by atoms with Crippen LogP contribution >= 0.6 is 11.6 Å². The second-order valence-corrected chi connectivity index (χ2v) is 6.89. The van der Waals surface area contributed by atoms with Gasteiger partial charge in [0, 0.05) is 22.4 Å². The molecule has 2 aromatic carbocycles. The van der Waals surface area contributed by atoms with Crippen molar-refractivity contribution in [1.29, 1.82) is 0 Å². The Bertz CT molecular complexity index is 1140. The van der Waals surface area contributed by atoms with Crippen molar-refractivity contribution < 1.29 is 19.7 Å². The standard InChI is InChI=1S/C13H13NO3.C9H6ClNO/c1-8(2)17-11-4-3-9-6-12(13(15)16)14-7-10(9)5-11;10-9-7-4-2-1-3-6(7)8(12)5-11-9/h3-8H,1-2H3,(H,15,16);1-5,12H. The van der Waals surface area contributed by atoms with Crippen molar-refractivity contribution in [3.8, 4) is 11.5 Å². The molecule has 148 valence electrons. The van der Waals surface area contributed by atoms with Gasteiger partial charge in [-0.2, -0.15) is 0 Å². The molecule has 0 aliphatic carbocycles. The lowest BCUT2D eigenvalue weighted by atomic mass is 10.1. The molecule has 0 unspecified atom stereocenters. The lowest BCUT2D eigenvalue weighted by Gasteiger charge is -2.10. The molecule has 0 amide bonds. The van der Waals surface area contributed by atoms with E-state index >= 15 is 0 Å². The van der Waals surface area contributed by atoms with Gasteiger partial charge in [0.2, 0.25) is 0 Å². The molecule has 6 nitrogen and oxygen atoms in total. The molecule has 0 saturated carbocycles.